The number of sulfonamides is 1. The van der Waals surface area contributed by atoms with E-state index >= 15 is 0 Å². The van der Waals surface area contributed by atoms with Gasteiger partial charge in [0.2, 0.25) is 15.9 Å². The molecule has 8 nitrogen and oxygen atoms in total. The van der Waals surface area contributed by atoms with E-state index in [9.17, 15) is 13.2 Å². The molecular weight excluding hydrogens is 356 g/mol. The first kappa shape index (κ1) is 18.8. The largest absolute Gasteiger partial charge is 0.474 e. The third kappa shape index (κ3) is 4.38. The molecule has 0 bridgehead atoms. The minimum atomic E-state index is -3.31. The normalized spacial score (nSPS) is 18.8. The van der Waals surface area contributed by atoms with Crippen LogP contribution in [0.5, 0.6) is 5.88 Å². The zero-order valence-corrected chi connectivity index (χ0v) is 16.1. The van der Waals surface area contributed by atoms with Crippen molar-refractivity contribution < 1.29 is 17.9 Å². The van der Waals surface area contributed by atoms with Gasteiger partial charge in [0, 0.05) is 52.1 Å². The summed E-state index contributed by atoms with van der Waals surface area (Å²) in [7, 11) is -1.82. The van der Waals surface area contributed by atoms with Crippen LogP contribution in [0.2, 0.25) is 0 Å². The Bertz CT molecular complexity index is 724. The average Bonchev–Trinajstić information content (AvgIpc) is 3.16. The molecule has 1 aromatic rings. The van der Waals surface area contributed by atoms with Gasteiger partial charge in [-0.25, -0.2) is 18.2 Å². The van der Waals surface area contributed by atoms with Crippen LogP contribution in [0.15, 0.2) is 18.3 Å². The molecule has 0 saturated carbocycles. The number of likely N-dealkylation sites (tertiary alicyclic amines) is 2. The van der Waals surface area contributed by atoms with Crippen LogP contribution in [-0.2, 0) is 10.0 Å². The van der Waals surface area contributed by atoms with Gasteiger partial charge >= 0.3 is 6.03 Å². The lowest BCUT2D eigenvalue weighted by molar-refractivity contribution is 0.0954. The molecule has 2 aliphatic rings. The van der Waals surface area contributed by atoms with Crippen molar-refractivity contribution in [1.29, 1.82) is 0 Å². The Hall–Kier alpha value is -2.03. The number of carbonyl (C=O) groups is 1. The van der Waals surface area contributed by atoms with Crippen molar-refractivity contribution in [3.05, 3.63) is 18.3 Å². The lowest BCUT2D eigenvalue weighted by atomic mass is 10.1. The molecule has 1 aromatic heterocycles. The van der Waals surface area contributed by atoms with Gasteiger partial charge in [-0.05, 0) is 18.9 Å². The molecule has 0 atom stereocenters. The monoisotopic (exact) mass is 382 g/mol. The van der Waals surface area contributed by atoms with Gasteiger partial charge < -0.3 is 14.5 Å². The molecule has 144 valence electrons. The fraction of sp³-hybridized carbons (Fsp3) is 0.647. The second-order valence-corrected chi connectivity index (χ2v) is 8.88. The summed E-state index contributed by atoms with van der Waals surface area (Å²) in [5, 5.41) is 0. The van der Waals surface area contributed by atoms with Gasteiger partial charge in [0.05, 0.1) is 18.1 Å². The highest BCUT2D eigenvalue weighted by molar-refractivity contribution is 7.92. The number of nitrogens with zero attached hydrogens (tertiary/aromatic N) is 4. The molecule has 0 unspecified atom stereocenters. The third-order valence-corrected chi connectivity index (χ3v) is 6.16. The number of hydrogen-bond acceptors (Lipinski definition) is 5. The zero-order chi connectivity index (χ0) is 18.7. The number of anilines is 1. The Balaban J connectivity index is 1.50. The van der Waals surface area contributed by atoms with Crippen LogP contribution in [0.25, 0.3) is 0 Å². The highest BCUT2D eigenvalue weighted by Crippen LogP contribution is 2.22. The molecule has 0 aromatic carbocycles. The van der Waals surface area contributed by atoms with Gasteiger partial charge in [-0.15, -0.1) is 0 Å². The standard InChI is InChI=1S/C17H26N4O4S/c1-19(26(2,23)24)14-5-6-16(18-13-14)25-15-7-11-21(12-8-15)17(22)20-9-3-4-10-20/h5-6,13,15H,3-4,7-12H2,1-2H3. The summed E-state index contributed by atoms with van der Waals surface area (Å²) in [6.45, 7) is 3.12. The Morgan fingerprint density at radius 2 is 1.77 bits per heavy atom. The van der Waals surface area contributed by atoms with E-state index in [-0.39, 0.29) is 12.1 Å². The summed E-state index contributed by atoms with van der Waals surface area (Å²) in [5.41, 5.74) is 0.492. The number of aromatic nitrogens is 1. The maximum Gasteiger partial charge on any atom is 0.320 e. The summed E-state index contributed by atoms with van der Waals surface area (Å²) in [4.78, 5) is 20.4. The summed E-state index contributed by atoms with van der Waals surface area (Å²) >= 11 is 0. The van der Waals surface area contributed by atoms with E-state index < -0.39 is 10.0 Å². The number of carbonyl (C=O) groups excluding carboxylic acids is 1. The molecule has 0 aliphatic carbocycles. The summed E-state index contributed by atoms with van der Waals surface area (Å²) in [6, 6.07) is 3.50. The number of piperidine rings is 1. The van der Waals surface area contributed by atoms with Gasteiger partial charge in [-0.3, -0.25) is 4.31 Å². The van der Waals surface area contributed by atoms with E-state index in [2.05, 4.69) is 4.98 Å². The van der Waals surface area contributed by atoms with Crippen LogP contribution in [0.4, 0.5) is 10.5 Å². The predicted octanol–water partition coefficient (Wildman–Crippen LogP) is 1.54. The van der Waals surface area contributed by atoms with Crippen LogP contribution < -0.4 is 9.04 Å². The van der Waals surface area contributed by atoms with Crippen molar-refractivity contribution in [3.63, 3.8) is 0 Å². The van der Waals surface area contributed by atoms with Crippen LogP contribution in [0.3, 0.4) is 0 Å². The Morgan fingerprint density at radius 1 is 1.15 bits per heavy atom. The molecule has 2 fully saturated rings. The van der Waals surface area contributed by atoms with Crippen molar-refractivity contribution in [2.45, 2.75) is 31.8 Å². The molecule has 2 saturated heterocycles. The Morgan fingerprint density at radius 3 is 2.31 bits per heavy atom. The van der Waals surface area contributed by atoms with E-state index in [1.807, 2.05) is 9.80 Å². The van der Waals surface area contributed by atoms with E-state index in [4.69, 9.17) is 4.74 Å². The molecular formula is C17H26N4O4S. The second-order valence-electron chi connectivity index (χ2n) is 6.87. The lowest BCUT2D eigenvalue weighted by Crippen LogP contribution is -2.47. The maximum atomic E-state index is 12.4. The van der Waals surface area contributed by atoms with Crippen LogP contribution >= 0.6 is 0 Å². The quantitative estimate of drug-likeness (QED) is 0.789. The molecule has 0 radical (unpaired) electrons. The number of amides is 2. The minimum Gasteiger partial charge on any atom is -0.474 e. The van der Waals surface area contributed by atoms with Crippen molar-refractivity contribution in [2.24, 2.45) is 0 Å². The summed E-state index contributed by atoms with van der Waals surface area (Å²) in [5.74, 6) is 0.472. The molecule has 2 amide bonds. The van der Waals surface area contributed by atoms with E-state index in [1.165, 1.54) is 17.5 Å². The first-order chi connectivity index (χ1) is 12.3. The minimum absolute atomic E-state index is 0.0172. The van der Waals surface area contributed by atoms with Gasteiger partial charge in [0.1, 0.15) is 6.10 Å². The molecule has 9 heteroatoms. The number of ether oxygens (including phenoxy) is 1. The molecule has 3 rings (SSSR count). The summed E-state index contributed by atoms with van der Waals surface area (Å²) in [6.07, 6.45) is 6.39. The van der Waals surface area contributed by atoms with E-state index in [0.29, 0.717) is 24.7 Å². The molecule has 2 aliphatic heterocycles. The zero-order valence-electron chi connectivity index (χ0n) is 15.3. The fourth-order valence-corrected chi connectivity index (χ4v) is 3.76. The van der Waals surface area contributed by atoms with Gasteiger partial charge in [0.15, 0.2) is 0 Å². The van der Waals surface area contributed by atoms with Gasteiger partial charge in [-0.1, -0.05) is 0 Å². The highest BCUT2D eigenvalue weighted by Gasteiger charge is 2.28. The SMILES string of the molecule is CN(c1ccc(OC2CCN(C(=O)N3CCCC3)CC2)nc1)S(C)(=O)=O. The topological polar surface area (TPSA) is 83.1 Å². The third-order valence-electron chi connectivity index (χ3n) is 4.96. The summed E-state index contributed by atoms with van der Waals surface area (Å²) < 4.78 is 30.2. The van der Waals surface area contributed by atoms with Crippen molar-refractivity contribution >= 4 is 21.7 Å². The maximum absolute atomic E-state index is 12.4. The van der Waals surface area contributed by atoms with E-state index in [1.54, 1.807) is 12.1 Å². The molecule has 26 heavy (non-hydrogen) atoms. The van der Waals surface area contributed by atoms with Crippen molar-refractivity contribution in [3.8, 4) is 5.88 Å². The number of pyridine rings is 1. The molecule has 0 spiro atoms. The Labute approximate surface area is 154 Å². The lowest BCUT2D eigenvalue weighted by Gasteiger charge is -2.34. The number of urea groups is 1. The first-order valence-corrected chi connectivity index (χ1v) is 10.8. The second kappa shape index (κ2) is 7.69. The van der Waals surface area contributed by atoms with Gasteiger partial charge in [-0.2, -0.15) is 0 Å². The van der Waals surface area contributed by atoms with Crippen molar-refractivity contribution in [1.82, 2.24) is 14.8 Å². The van der Waals surface area contributed by atoms with Crippen LogP contribution in [0, 0.1) is 0 Å². The Kier molecular flexibility index (Phi) is 5.55. The number of hydrogen-bond donors (Lipinski definition) is 0. The highest BCUT2D eigenvalue weighted by atomic mass is 32.2. The van der Waals surface area contributed by atoms with Crippen molar-refractivity contribution in [2.75, 3.05) is 43.8 Å². The molecule has 0 N–H and O–H groups in total. The first-order valence-electron chi connectivity index (χ1n) is 8.95. The average molecular weight is 382 g/mol. The number of rotatable bonds is 4. The van der Waals surface area contributed by atoms with E-state index in [0.717, 1.165) is 45.0 Å². The van der Waals surface area contributed by atoms with Crippen LogP contribution in [-0.4, -0.2) is 74.8 Å². The smallest absolute Gasteiger partial charge is 0.320 e. The fourth-order valence-electron chi connectivity index (χ4n) is 3.26. The predicted molar refractivity (Wildman–Crippen MR) is 98.9 cm³/mol. The van der Waals surface area contributed by atoms with Gasteiger partial charge in [0.25, 0.3) is 0 Å². The van der Waals surface area contributed by atoms with Crippen LogP contribution in [0.1, 0.15) is 25.7 Å². The molecule has 3 heterocycles.